The maximum absolute atomic E-state index is 12.7. The summed E-state index contributed by atoms with van der Waals surface area (Å²) in [6.45, 7) is 1.77. The Morgan fingerprint density at radius 2 is 1.79 bits per heavy atom. The molecular weight excluding hydrogens is 382 g/mol. The minimum absolute atomic E-state index is 0.111. The van der Waals surface area contributed by atoms with E-state index in [9.17, 15) is 9.59 Å². The van der Waals surface area contributed by atoms with Gasteiger partial charge in [0.2, 0.25) is 5.88 Å². The molecule has 9 heteroatoms. The summed E-state index contributed by atoms with van der Waals surface area (Å²) < 4.78 is 5.01. The third-order valence-electron chi connectivity index (χ3n) is 4.69. The number of carbonyl (C=O) groups excluding carboxylic acids is 2. The van der Waals surface area contributed by atoms with Gasteiger partial charge < -0.3 is 19.5 Å². The number of methoxy groups -OCH3 is 1. The van der Waals surface area contributed by atoms with Crippen LogP contribution in [0.1, 0.15) is 21.0 Å². The fourth-order valence-corrected chi connectivity index (χ4v) is 3.32. The van der Waals surface area contributed by atoms with Gasteiger partial charge in [0.05, 0.1) is 23.7 Å². The molecule has 1 aliphatic heterocycles. The highest BCUT2D eigenvalue weighted by Crippen LogP contribution is 2.18. The lowest BCUT2D eigenvalue weighted by Gasteiger charge is -2.34. The molecule has 1 fully saturated rings. The van der Waals surface area contributed by atoms with Crippen LogP contribution in [0.15, 0.2) is 36.5 Å². The van der Waals surface area contributed by atoms with Crippen LogP contribution in [0.25, 0.3) is 11.0 Å². The fraction of sp³-hybridized carbons (Fsp3) is 0.263. The van der Waals surface area contributed by atoms with Gasteiger partial charge in [-0.1, -0.05) is 11.6 Å². The van der Waals surface area contributed by atoms with Gasteiger partial charge in [0.1, 0.15) is 0 Å². The standard InChI is InChI=1S/C19H18ClN5O3/c1-28-16-5-2-12(11-21-16)18(26)24-6-8-25(9-7-24)19(27)17-22-14-4-3-13(20)10-15(14)23-17/h2-5,10-11H,6-9H2,1H3,(H,22,23). The van der Waals surface area contributed by atoms with Crippen LogP contribution in [0.2, 0.25) is 5.02 Å². The van der Waals surface area contributed by atoms with Crippen LogP contribution >= 0.6 is 11.6 Å². The molecule has 0 spiro atoms. The van der Waals surface area contributed by atoms with Crippen molar-refractivity contribution in [3.63, 3.8) is 0 Å². The summed E-state index contributed by atoms with van der Waals surface area (Å²) in [5.41, 5.74) is 1.90. The van der Waals surface area contributed by atoms with E-state index in [0.717, 1.165) is 5.52 Å². The molecule has 4 rings (SSSR count). The highest BCUT2D eigenvalue weighted by molar-refractivity contribution is 6.31. The van der Waals surface area contributed by atoms with E-state index in [1.54, 1.807) is 40.1 Å². The lowest BCUT2D eigenvalue weighted by molar-refractivity contribution is 0.0529. The summed E-state index contributed by atoms with van der Waals surface area (Å²) in [6, 6.07) is 8.59. The molecule has 2 amide bonds. The van der Waals surface area contributed by atoms with Crippen LogP contribution in [-0.4, -0.2) is 69.9 Å². The summed E-state index contributed by atoms with van der Waals surface area (Å²) in [6.07, 6.45) is 1.50. The first-order valence-electron chi connectivity index (χ1n) is 8.79. The zero-order chi connectivity index (χ0) is 19.7. The number of hydrogen-bond donors (Lipinski definition) is 1. The van der Waals surface area contributed by atoms with Crippen LogP contribution in [0.4, 0.5) is 0 Å². The predicted molar refractivity (Wildman–Crippen MR) is 104 cm³/mol. The van der Waals surface area contributed by atoms with Gasteiger partial charge in [-0.05, 0) is 24.3 Å². The molecule has 8 nitrogen and oxygen atoms in total. The van der Waals surface area contributed by atoms with E-state index in [1.807, 2.05) is 0 Å². The minimum atomic E-state index is -0.189. The number of aromatic amines is 1. The lowest BCUT2D eigenvalue weighted by atomic mass is 10.2. The van der Waals surface area contributed by atoms with Gasteiger partial charge in [-0.2, -0.15) is 0 Å². The van der Waals surface area contributed by atoms with Crippen LogP contribution in [-0.2, 0) is 0 Å². The highest BCUT2D eigenvalue weighted by Gasteiger charge is 2.27. The number of imidazole rings is 1. The number of nitrogens with zero attached hydrogens (tertiary/aromatic N) is 4. The Bertz CT molecular complexity index is 1030. The average molecular weight is 400 g/mol. The number of piperazine rings is 1. The first-order chi connectivity index (χ1) is 13.5. The van der Waals surface area contributed by atoms with Crippen molar-refractivity contribution in [2.24, 2.45) is 0 Å². The van der Waals surface area contributed by atoms with E-state index in [1.165, 1.54) is 13.3 Å². The number of fused-ring (bicyclic) bond motifs is 1. The molecule has 0 unspecified atom stereocenters. The number of nitrogens with one attached hydrogen (secondary N) is 1. The van der Waals surface area contributed by atoms with Crippen molar-refractivity contribution in [3.05, 3.63) is 52.9 Å². The number of rotatable bonds is 3. The molecule has 1 saturated heterocycles. The number of amides is 2. The Labute approximate surface area is 166 Å². The van der Waals surface area contributed by atoms with Crippen LogP contribution in [0.3, 0.4) is 0 Å². The van der Waals surface area contributed by atoms with Gasteiger partial charge >= 0.3 is 0 Å². The molecule has 0 atom stereocenters. The summed E-state index contributed by atoms with van der Waals surface area (Å²) >= 11 is 5.97. The van der Waals surface area contributed by atoms with Crippen LogP contribution < -0.4 is 4.74 Å². The molecule has 144 valence electrons. The quantitative estimate of drug-likeness (QED) is 0.729. The molecule has 0 aliphatic carbocycles. The molecule has 1 aromatic carbocycles. The summed E-state index contributed by atoms with van der Waals surface area (Å²) in [5, 5.41) is 0.568. The van der Waals surface area contributed by atoms with Gasteiger partial charge in [-0.3, -0.25) is 9.59 Å². The summed E-state index contributed by atoms with van der Waals surface area (Å²) in [7, 11) is 1.52. The SMILES string of the molecule is COc1ccc(C(=O)N2CCN(C(=O)c3nc4cc(Cl)ccc4[nH]3)CC2)cn1. The Kier molecular flexibility index (Phi) is 4.87. The number of halogens is 1. The Balaban J connectivity index is 1.41. The van der Waals surface area contributed by atoms with Gasteiger partial charge in [0, 0.05) is 43.5 Å². The van der Waals surface area contributed by atoms with E-state index in [-0.39, 0.29) is 17.6 Å². The lowest BCUT2D eigenvalue weighted by Crippen LogP contribution is -2.50. The predicted octanol–water partition coefficient (Wildman–Crippen LogP) is 2.22. The summed E-state index contributed by atoms with van der Waals surface area (Å²) in [5.74, 6) is 0.432. The number of hydrogen-bond acceptors (Lipinski definition) is 5. The minimum Gasteiger partial charge on any atom is -0.481 e. The smallest absolute Gasteiger partial charge is 0.289 e. The van der Waals surface area contributed by atoms with Crippen molar-refractivity contribution >= 4 is 34.4 Å². The van der Waals surface area contributed by atoms with Crippen molar-refractivity contribution in [2.45, 2.75) is 0 Å². The Hall–Kier alpha value is -3.13. The second-order valence-corrected chi connectivity index (χ2v) is 6.86. The largest absolute Gasteiger partial charge is 0.481 e. The highest BCUT2D eigenvalue weighted by atomic mass is 35.5. The van der Waals surface area contributed by atoms with Crippen molar-refractivity contribution in [2.75, 3.05) is 33.3 Å². The molecule has 1 N–H and O–H groups in total. The molecule has 28 heavy (non-hydrogen) atoms. The first-order valence-corrected chi connectivity index (χ1v) is 9.17. The maximum Gasteiger partial charge on any atom is 0.289 e. The summed E-state index contributed by atoms with van der Waals surface area (Å²) in [4.78, 5) is 40.2. The van der Waals surface area contributed by atoms with Crippen molar-refractivity contribution in [3.8, 4) is 5.88 Å². The van der Waals surface area contributed by atoms with Gasteiger partial charge in [-0.15, -0.1) is 0 Å². The van der Waals surface area contributed by atoms with E-state index >= 15 is 0 Å². The molecule has 3 heterocycles. The molecule has 3 aromatic rings. The molecule has 0 radical (unpaired) electrons. The number of aromatic nitrogens is 3. The first kappa shape index (κ1) is 18.2. The number of pyridine rings is 1. The Morgan fingerprint density at radius 1 is 1.07 bits per heavy atom. The number of ether oxygens (including phenoxy) is 1. The molecule has 2 aromatic heterocycles. The van der Waals surface area contributed by atoms with Crippen molar-refractivity contribution in [1.29, 1.82) is 0 Å². The fourth-order valence-electron chi connectivity index (χ4n) is 3.15. The molecular formula is C19H18ClN5O3. The second-order valence-electron chi connectivity index (χ2n) is 6.42. The monoisotopic (exact) mass is 399 g/mol. The second kappa shape index (κ2) is 7.47. The van der Waals surface area contributed by atoms with E-state index < -0.39 is 0 Å². The number of carbonyl (C=O) groups is 2. The topological polar surface area (TPSA) is 91.4 Å². The number of H-pyrrole nitrogens is 1. The van der Waals surface area contributed by atoms with Gasteiger partial charge in [-0.25, -0.2) is 9.97 Å². The van der Waals surface area contributed by atoms with Crippen LogP contribution in [0.5, 0.6) is 5.88 Å². The molecule has 0 bridgehead atoms. The Morgan fingerprint density at radius 3 is 2.43 bits per heavy atom. The maximum atomic E-state index is 12.7. The van der Waals surface area contributed by atoms with E-state index in [4.69, 9.17) is 16.3 Å². The average Bonchev–Trinajstić information content (AvgIpc) is 3.16. The third-order valence-corrected chi connectivity index (χ3v) is 4.93. The normalized spacial score (nSPS) is 14.4. The zero-order valence-corrected chi connectivity index (χ0v) is 15.9. The molecule has 0 saturated carbocycles. The van der Waals surface area contributed by atoms with Crippen LogP contribution in [0, 0.1) is 0 Å². The van der Waals surface area contributed by atoms with E-state index in [2.05, 4.69) is 15.0 Å². The number of benzene rings is 1. The van der Waals surface area contributed by atoms with Gasteiger partial charge in [0.25, 0.3) is 11.8 Å². The van der Waals surface area contributed by atoms with E-state index in [0.29, 0.717) is 48.2 Å². The molecule has 1 aliphatic rings. The zero-order valence-electron chi connectivity index (χ0n) is 15.2. The van der Waals surface area contributed by atoms with Gasteiger partial charge in [0.15, 0.2) is 5.82 Å². The van der Waals surface area contributed by atoms with Crippen molar-refractivity contribution in [1.82, 2.24) is 24.8 Å². The third kappa shape index (κ3) is 3.50. The van der Waals surface area contributed by atoms with Crippen molar-refractivity contribution < 1.29 is 14.3 Å².